The van der Waals surface area contributed by atoms with Crippen molar-refractivity contribution >= 4 is 24.1 Å². The number of hydrogen-bond donors (Lipinski definition) is 1. The third-order valence-corrected chi connectivity index (χ3v) is 7.45. The lowest BCUT2D eigenvalue weighted by Crippen LogP contribution is -2.47. The SMILES string of the molecule is C=C(C)C(=O)OCCNC(=O)N(CCOC(=O)C(=C)C)C(=O)OCC12CCC(C1)C1CCCC12. The molecule has 9 heteroatoms. The molecule has 0 saturated heterocycles. The van der Waals surface area contributed by atoms with Crippen molar-refractivity contribution in [2.24, 2.45) is 23.2 Å². The van der Waals surface area contributed by atoms with Crippen molar-refractivity contribution in [3.05, 3.63) is 24.3 Å². The molecular weight excluding hydrogens is 440 g/mol. The highest BCUT2D eigenvalue weighted by atomic mass is 16.6. The number of amides is 3. The van der Waals surface area contributed by atoms with Gasteiger partial charge in [0.15, 0.2) is 0 Å². The van der Waals surface area contributed by atoms with E-state index < -0.39 is 24.1 Å². The minimum absolute atomic E-state index is 0.00254. The largest absolute Gasteiger partial charge is 0.460 e. The van der Waals surface area contributed by atoms with Crippen LogP contribution in [0.2, 0.25) is 0 Å². The number of nitrogens with zero attached hydrogens (tertiary/aromatic N) is 1. The fourth-order valence-corrected chi connectivity index (χ4v) is 5.89. The van der Waals surface area contributed by atoms with Gasteiger partial charge in [-0.2, -0.15) is 0 Å². The van der Waals surface area contributed by atoms with E-state index in [9.17, 15) is 19.2 Å². The molecule has 188 valence electrons. The van der Waals surface area contributed by atoms with E-state index >= 15 is 0 Å². The van der Waals surface area contributed by atoms with Crippen LogP contribution in [0.25, 0.3) is 0 Å². The second-order valence-corrected chi connectivity index (χ2v) is 9.84. The summed E-state index contributed by atoms with van der Waals surface area (Å²) in [6, 6.07) is -0.713. The van der Waals surface area contributed by atoms with Gasteiger partial charge in [0.05, 0.1) is 19.7 Å². The van der Waals surface area contributed by atoms with Crippen molar-refractivity contribution in [2.45, 2.75) is 52.4 Å². The maximum atomic E-state index is 12.9. The normalized spacial score (nSPS) is 26.4. The van der Waals surface area contributed by atoms with E-state index in [0.717, 1.165) is 29.6 Å². The minimum atomic E-state index is -0.776. The Hall–Kier alpha value is -2.84. The summed E-state index contributed by atoms with van der Waals surface area (Å²) in [6.07, 6.45) is 6.24. The predicted octanol–water partition coefficient (Wildman–Crippen LogP) is 3.59. The number of carbonyl (C=O) groups is 4. The lowest BCUT2D eigenvalue weighted by atomic mass is 9.72. The van der Waals surface area contributed by atoms with Gasteiger partial charge in [-0.15, -0.1) is 0 Å². The summed E-state index contributed by atoms with van der Waals surface area (Å²) in [5.74, 6) is 0.910. The van der Waals surface area contributed by atoms with E-state index in [0.29, 0.717) is 12.5 Å². The Morgan fingerprint density at radius 1 is 0.971 bits per heavy atom. The van der Waals surface area contributed by atoms with Crippen LogP contribution in [0.3, 0.4) is 0 Å². The Bertz CT molecular complexity index is 854. The predicted molar refractivity (Wildman–Crippen MR) is 124 cm³/mol. The maximum Gasteiger partial charge on any atom is 0.418 e. The summed E-state index contributed by atoms with van der Waals surface area (Å²) in [5, 5.41) is 2.54. The van der Waals surface area contributed by atoms with E-state index in [1.54, 1.807) is 0 Å². The monoisotopic (exact) mass is 476 g/mol. The summed E-state index contributed by atoms with van der Waals surface area (Å²) >= 11 is 0. The molecule has 0 aromatic rings. The molecule has 1 N–H and O–H groups in total. The van der Waals surface area contributed by atoms with E-state index in [1.165, 1.54) is 39.5 Å². The summed E-state index contributed by atoms with van der Waals surface area (Å²) in [7, 11) is 0. The zero-order valence-corrected chi connectivity index (χ0v) is 20.2. The van der Waals surface area contributed by atoms with Crippen LogP contribution in [-0.4, -0.2) is 61.9 Å². The zero-order valence-electron chi connectivity index (χ0n) is 20.2. The fourth-order valence-electron chi connectivity index (χ4n) is 5.89. The first kappa shape index (κ1) is 25.8. The lowest BCUT2D eigenvalue weighted by molar-refractivity contribution is -0.139. The number of carbonyl (C=O) groups excluding carboxylic acids is 4. The topological polar surface area (TPSA) is 111 Å². The number of rotatable bonds is 10. The van der Waals surface area contributed by atoms with Gasteiger partial charge in [-0.3, -0.25) is 0 Å². The van der Waals surface area contributed by atoms with Gasteiger partial charge in [-0.1, -0.05) is 19.6 Å². The Morgan fingerprint density at radius 2 is 1.65 bits per heavy atom. The van der Waals surface area contributed by atoms with Gasteiger partial charge in [0.25, 0.3) is 0 Å². The fraction of sp³-hybridized carbons (Fsp3) is 0.680. The van der Waals surface area contributed by atoms with E-state index in [2.05, 4.69) is 18.5 Å². The molecule has 3 aliphatic rings. The molecule has 3 amide bonds. The van der Waals surface area contributed by atoms with Gasteiger partial charge in [-0.05, 0) is 63.7 Å². The maximum absolute atomic E-state index is 12.9. The molecule has 4 unspecified atom stereocenters. The molecular formula is C25H36N2O7. The second kappa shape index (κ2) is 11.1. The summed E-state index contributed by atoms with van der Waals surface area (Å²) in [6.45, 7) is 9.92. The number of nitrogens with one attached hydrogen (secondary N) is 1. The molecule has 9 nitrogen and oxygen atoms in total. The molecule has 0 radical (unpaired) electrons. The number of urea groups is 1. The summed E-state index contributed by atoms with van der Waals surface area (Å²) in [5.41, 5.74) is 0.494. The van der Waals surface area contributed by atoms with Crippen LogP contribution < -0.4 is 5.32 Å². The molecule has 0 aromatic carbocycles. The number of esters is 2. The molecule has 0 aromatic heterocycles. The first-order valence-corrected chi connectivity index (χ1v) is 12.0. The number of fused-ring (bicyclic) bond motifs is 5. The second-order valence-electron chi connectivity index (χ2n) is 9.84. The molecule has 3 fully saturated rings. The molecule has 0 aliphatic heterocycles. The third-order valence-electron chi connectivity index (χ3n) is 7.45. The number of imide groups is 1. The number of hydrogen-bond acceptors (Lipinski definition) is 7. The van der Waals surface area contributed by atoms with Crippen molar-refractivity contribution < 1.29 is 33.4 Å². The van der Waals surface area contributed by atoms with Crippen LogP contribution in [-0.2, 0) is 23.8 Å². The molecule has 4 atom stereocenters. The van der Waals surface area contributed by atoms with E-state index in [4.69, 9.17) is 14.2 Å². The van der Waals surface area contributed by atoms with Gasteiger partial charge < -0.3 is 19.5 Å². The average Bonchev–Trinajstić information content (AvgIpc) is 3.51. The molecule has 34 heavy (non-hydrogen) atoms. The van der Waals surface area contributed by atoms with Crippen molar-refractivity contribution in [1.29, 1.82) is 0 Å². The van der Waals surface area contributed by atoms with Gasteiger partial charge in [0.2, 0.25) is 0 Å². The van der Waals surface area contributed by atoms with Crippen LogP contribution >= 0.6 is 0 Å². The zero-order chi connectivity index (χ0) is 24.9. The highest BCUT2D eigenvalue weighted by Gasteiger charge is 2.59. The Morgan fingerprint density at radius 3 is 2.32 bits per heavy atom. The summed E-state index contributed by atoms with van der Waals surface area (Å²) < 4.78 is 15.7. The molecule has 0 spiro atoms. The van der Waals surface area contributed by atoms with Gasteiger partial charge >= 0.3 is 24.1 Å². The van der Waals surface area contributed by atoms with Crippen molar-refractivity contribution in [2.75, 3.05) is 32.9 Å². The van der Waals surface area contributed by atoms with Crippen LogP contribution in [0.1, 0.15) is 52.4 Å². The van der Waals surface area contributed by atoms with Crippen molar-refractivity contribution in [3.8, 4) is 0 Å². The first-order chi connectivity index (χ1) is 16.1. The molecule has 3 rings (SSSR count). The van der Waals surface area contributed by atoms with Gasteiger partial charge in [-0.25, -0.2) is 24.1 Å². The Kier molecular flexibility index (Phi) is 8.38. The van der Waals surface area contributed by atoms with Crippen LogP contribution in [0.15, 0.2) is 24.3 Å². The van der Waals surface area contributed by atoms with Crippen LogP contribution in [0.4, 0.5) is 9.59 Å². The molecule has 2 bridgehead atoms. The lowest BCUT2D eigenvalue weighted by Gasteiger charge is -2.35. The number of ether oxygens (including phenoxy) is 3. The summed E-state index contributed by atoms with van der Waals surface area (Å²) in [4.78, 5) is 49.7. The van der Waals surface area contributed by atoms with Crippen molar-refractivity contribution in [1.82, 2.24) is 10.2 Å². The highest BCUT2D eigenvalue weighted by Crippen LogP contribution is 2.65. The van der Waals surface area contributed by atoms with Crippen LogP contribution in [0.5, 0.6) is 0 Å². The molecule has 3 saturated carbocycles. The standard InChI is InChI=1S/C25H36N2O7/c1-16(2)21(28)32-12-10-26-23(30)27(11-13-33-22(29)17(3)4)24(31)34-15-25-9-8-18(14-25)19-6-5-7-20(19)25/h18-20H,1,3,5-15H2,2,4H3,(H,26,30). The third kappa shape index (κ3) is 5.80. The Labute approximate surface area is 200 Å². The van der Waals surface area contributed by atoms with E-state index in [1.807, 2.05) is 0 Å². The van der Waals surface area contributed by atoms with Gasteiger partial charge in [0.1, 0.15) is 13.2 Å². The first-order valence-electron chi connectivity index (χ1n) is 12.0. The quantitative estimate of drug-likeness (QED) is 0.222. The smallest absolute Gasteiger partial charge is 0.418 e. The minimum Gasteiger partial charge on any atom is -0.460 e. The van der Waals surface area contributed by atoms with Crippen molar-refractivity contribution in [3.63, 3.8) is 0 Å². The molecule has 3 aliphatic carbocycles. The van der Waals surface area contributed by atoms with E-state index in [-0.39, 0.29) is 42.9 Å². The van der Waals surface area contributed by atoms with Crippen LogP contribution in [0, 0.1) is 23.2 Å². The van der Waals surface area contributed by atoms with Gasteiger partial charge in [0, 0.05) is 16.6 Å². The average molecular weight is 477 g/mol. The Balaban J connectivity index is 1.55. The highest BCUT2D eigenvalue weighted by molar-refractivity contribution is 5.91. The molecule has 0 heterocycles.